The number of benzene rings is 1. The first-order chi connectivity index (χ1) is 10.3. The number of thioether (sulfide) groups is 1. The van der Waals surface area contributed by atoms with Gasteiger partial charge in [-0.1, -0.05) is 18.2 Å². The van der Waals surface area contributed by atoms with Crippen LogP contribution in [0.3, 0.4) is 0 Å². The Bertz CT molecular complexity index is 435. The summed E-state index contributed by atoms with van der Waals surface area (Å²) in [4.78, 5) is 7.05. The minimum Gasteiger partial charge on any atom is -0.369 e. The molecule has 1 fully saturated rings. The van der Waals surface area contributed by atoms with Gasteiger partial charge in [0.25, 0.3) is 0 Å². The van der Waals surface area contributed by atoms with Crippen LogP contribution in [0.25, 0.3) is 0 Å². The summed E-state index contributed by atoms with van der Waals surface area (Å²) in [5, 5.41) is 6.90. The first-order valence-electron chi connectivity index (χ1n) is 7.67. The minimum atomic E-state index is 0.470. The van der Waals surface area contributed by atoms with E-state index in [0.717, 1.165) is 44.3 Å². The Morgan fingerprint density at radius 3 is 2.90 bits per heavy atom. The van der Waals surface area contributed by atoms with Gasteiger partial charge in [-0.3, -0.25) is 4.99 Å². The van der Waals surface area contributed by atoms with Crippen LogP contribution >= 0.6 is 11.8 Å². The molecule has 0 bridgehead atoms. The zero-order valence-electron chi connectivity index (χ0n) is 13.0. The van der Waals surface area contributed by atoms with Crippen LogP contribution in [0.5, 0.6) is 0 Å². The number of guanidine groups is 1. The van der Waals surface area contributed by atoms with Gasteiger partial charge in [-0.05, 0) is 31.7 Å². The topological polar surface area (TPSA) is 39.7 Å². The van der Waals surface area contributed by atoms with Crippen LogP contribution in [0, 0.1) is 0 Å². The van der Waals surface area contributed by atoms with Crippen LogP contribution in [0.4, 0.5) is 5.69 Å². The van der Waals surface area contributed by atoms with E-state index in [2.05, 4.69) is 64.0 Å². The molecule has 1 atom stereocenters. The summed E-state index contributed by atoms with van der Waals surface area (Å²) >= 11 is 1.83. The maximum atomic E-state index is 4.62. The lowest BCUT2D eigenvalue weighted by Gasteiger charge is -2.20. The maximum Gasteiger partial charge on any atom is 0.191 e. The summed E-state index contributed by atoms with van der Waals surface area (Å²) in [6, 6.07) is 11.1. The lowest BCUT2D eigenvalue weighted by Crippen LogP contribution is -2.44. The Kier molecular flexibility index (Phi) is 6.73. The van der Waals surface area contributed by atoms with Crippen LogP contribution < -0.4 is 15.5 Å². The van der Waals surface area contributed by atoms with Crippen molar-refractivity contribution in [3.8, 4) is 0 Å². The molecule has 0 aliphatic carbocycles. The highest BCUT2D eigenvalue weighted by Gasteiger charge is 2.23. The Balaban J connectivity index is 1.86. The smallest absolute Gasteiger partial charge is 0.191 e. The van der Waals surface area contributed by atoms with E-state index in [1.54, 1.807) is 0 Å². The summed E-state index contributed by atoms with van der Waals surface area (Å²) < 4.78 is 0. The van der Waals surface area contributed by atoms with Gasteiger partial charge in [0.15, 0.2) is 5.96 Å². The van der Waals surface area contributed by atoms with E-state index in [9.17, 15) is 0 Å². The van der Waals surface area contributed by atoms with Gasteiger partial charge in [0.1, 0.15) is 0 Å². The second kappa shape index (κ2) is 8.82. The third-order valence-electron chi connectivity index (χ3n) is 3.56. The van der Waals surface area contributed by atoms with Crippen molar-refractivity contribution in [2.45, 2.75) is 19.4 Å². The number of para-hydroxylation sites is 1. The van der Waals surface area contributed by atoms with E-state index in [1.165, 1.54) is 5.69 Å². The van der Waals surface area contributed by atoms with Crippen molar-refractivity contribution in [2.24, 2.45) is 4.99 Å². The third kappa shape index (κ3) is 5.16. The molecular weight excluding hydrogens is 280 g/mol. The zero-order chi connectivity index (χ0) is 14.9. The molecule has 21 heavy (non-hydrogen) atoms. The van der Waals surface area contributed by atoms with Crippen molar-refractivity contribution >= 4 is 23.4 Å². The molecule has 1 aromatic carbocycles. The molecule has 0 amide bonds. The molecular formula is C16H26N4S. The molecule has 5 heteroatoms. The number of anilines is 1. The molecule has 0 saturated carbocycles. The number of rotatable bonds is 6. The van der Waals surface area contributed by atoms with Crippen molar-refractivity contribution in [2.75, 3.05) is 43.1 Å². The first-order valence-corrected chi connectivity index (χ1v) is 9.06. The predicted octanol–water partition coefficient (Wildman–Crippen LogP) is 2.18. The van der Waals surface area contributed by atoms with Gasteiger partial charge in [-0.25, -0.2) is 0 Å². The maximum absolute atomic E-state index is 4.62. The largest absolute Gasteiger partial charge is 0.369 e. The standard InChI is InChI=1S/C16H26N4S/c1-3-17-16(18-10-12-21-2)19-14-9-11-20(13-14)15-7-5-4-6-8-15/h4-8,14H,3,9-13H2,1-2H3,(H2,17,18,19). The van der Waals surface area contributed by atoms with Crippen molar-refractivity contribution in [1.82, 2.24) is 10.6 Å². The van der Waals surface area contributed by atoms with E-state index in [4.69, 9.17) is 0 Å². The van der Waals surface area contributed by atoms with Gasteiger partial charge in [0.05, 0.1) is 6.54 Å². The molecule has 1 saturated heterocycles. The Labute approximate surface area is 132 Å². The van der Waals surface area contributed by atoms with E-state index in [1.807, 2.05) is 11.8 Å². The molecule has 1 aromatic rings. The molecule has 116 valence electrons. The molecule has 1 heterocycles. The summed E-state index contributed by atoms with van der Waals surface area (Å²) in [5.74, 6) is 2.02. The van der Waals surface area contributed by atoms with Gasteiger partial charge in [-0.2, -0.15) is 11.8 Å². The number of hydrogen-bond acceptors (Lipinski definition) is 3. The molecule has 4 nitrogen and oxygen atoms in total. The average molecular weight is 306 g/mol. The van der Waals surface area contributed by atoms with Crippen molar-refractivity contribution < 1.29 is 0 Å². The van der Waals surface area contributed by atoms with Gasteiger partial charge in [-0.15, -0.1) is 0 Å². The van der Waals surface area contributed by atoms with Gasteiger partial charge < -0.3 is 15.5 Å². The molecule has 1 unspecified atom stereocenters. The van der Waals surface area contributed by atoms with E-state index in [0.29, 0.717) is 6.04 Å². The first kappa shape index (κ1) is 16.0. The van der Waals surface area contributed by atoms with E-state index in [-0.39, 0.29) is 0 Å². The molecule has 0 aromatic heterocycles. The summed E-state index contributed by atoms with van der Waals surface area (Å²) in [5.41, 5.74) is 1.31. The van der Waals surface area contributed by atoms with E-state index < -0.39 is 0 Å². The quantitative estimate of drug-likeness (QED) is 0.480. The zero-order valence-corrected chi connectivity index (χ0v) is 13.8. The monoisotopic (exact) mass is 306 g/mol. The molecule has 2 rings (SSSR count). The van der Waals surface area contributed by atoms with E-state index >= 15 is 0 Å². The normalized spacial score (nSPS) is 18.9. The fourth-order valence-electron chi connectivity index (χ4n) is 2.51. The predicted molar refractivity (Wildman–Crippen MR) is 94.6 cm³/mol. The molecule has 2 N–H and O–H groups in total. The van der Waals surface area contributed by atoms with Gasteiger partial charge in [0, 0.05) is 37.1 Å². The molecule has 1 aliphatic rings. The molecule has 1 aliphatic heterocycles. The van der Waals surface area contributed by atoms with Crippen molar-refractivity contribution in [3.05, 3.63) is 30.3 Å². The Morgan fingerprint density at radius 1 is 1.38 bits per heavy atom. The van der Waals surface area contributed by atoms with Crippen molar-refractivity contribution in [3.63, 3.8) is 0 Å². The lowest BCUT2D eigenvalue weighted by atomic mass is 10.3. The lowest BCUT2D eigenvalue weighted by molar-refractivity contribution is 0.650. The van der Waals surface area contributed by atoms with Crippen molar-refractivity contribution in [1.29, 1.82) is 0 Å². The average Bonchev–Trinajstić information content (AvgIpc) is 2.97. The van der Waals surface area contributed by atoms with Crippen LogP contribution in [-0.4, -0.2) is 50.2 Å². The number of hydrogen-bond donors (Lipinski definition) is 2. The summed E-state index contributed by atoms with van der Waals surface area (Å²) in [6.45, 7) is 6.02. The van der Waals surface area contributed by atoms with Crippen LogP contribution in [0.15, 0.2) is 35.3 Å². The highest BCUT2D eigenvalue weighted by molar-refractivity contribution is 7.98. The highest BCUT2D eigenvalue weighted by atomic mass is 32.2. The fourth-order valence-corrected chi connectivity index (χ4v) is 2.79. The van der Waals surface area contributed by atoms with Crippen LogP contribution in [0.2, 0.25) is 0 Å². The third-order valence-corrected chi connectivity index (χ3v) is 4.15. The second-order valence-corrected chi connectivity index (χ2v) is 6.15. The van der Waals surface area contributed by atoms with Crippen LogP contribution in [0.1, 0.15) is 13.3 Å². The fraction of sp³-hybridized carbons (Fsp3) is 0.562. The summed E-state index contributed by atoms with van der Waals surface area (Å²) in [7, 11) is 0. The highest BCUT2D eigenvalue weighted by Crippen LogP contribution is 2.19. The van der Waals surface area contributed by atoms with Crippen LogP contribution in [-0.2, 0) is 0 Å². The molecule has 0 radical (unpaired) electrons. The summed E-state index contributed by atoms with van der Waals surface area (Å²) in [6.07, 6.45) is 3.27. The minimum absolute atomic E-state index is 0.470. The van der Waals surface area contributed by atoms with Gasteiger partial charge in [0.2, 0.25) is 0 Å². The number of nitrogens with zero attached hydrogens (tertiary/aromatic N) is 2. The second-order valence-electron chi connectivity index (χ2n) is 5.16. The Morgan fingerprint density at radius 2 is 2.19 bits per heavy atom. The number of nitrogens with one attached hydrogen (secondary N) is 2. The molecule has 0 spiro atoms. The van der Waals surface area contributed by atoms with Gasteiger partial charge >= 0.3 is 0 Å². The Hall–Kier alpha value is -1.36. The SMILES string of the molecule is CCNC(=NCCSC)NC1CCN(c2ccccc2)C1. The number of aliphatic imine (C=N–C) groups is 1.